The number of hydrogen-bond acceptors (Lipinski definition) is 3. The molecule has 3 nitrogen and oxygen atoms in total. The molecule has 0 aromatic heterocycles. The van der Waals surface area contributed by atoms with Crippen molar-refractivity contribution in [2.75, 3.05) is 19.0 Å². The molecule has 1 aliphatic rings. The Hall–Kier alpha value is -2.30. The van der Waals surface area contributed by atoms with Gasteiger partial charge in [-0.15, -0.1) is 0 Å². The Balaban J connectivity index is 2.00. The van der Waals surface area contributed by atoms with Crippen LogP contribution in [0.3, 0.4) is 0 Å². The highest BCUT2D eigenvalue weighted by molar-refractivity contribution is 5.65. The first-order chi connectivity index (χ1) is 9.67. The zero-order chi connectivity index (χ0) is 14.1. The monoisotopic (exact) mass is 277 g/mol. The third-order valence-electron chi connectivity index (χ3n) is 3.22. The second kappa shape index (κ2) is 5.00. The highest BCUT2D eigenvalue weighted by Crippen LogP contribution is 2.38. The van der Waals surface area contributed by atoms with Crippen LogP contribution in [-0.4, -0.2) is 13.7 Å². The Morgan fingerprint density at radius 1 is 1.10 bits per heavy atom. The number of fused-ring (bicyclic) bond motifs is 1. The first-order valence-electron chi connectivity index (χ1n) is 6.25. The van der Waals surface area contributed by atoms with Gasteiger partial charge in [0.15, 0.2) is 11.6 Å². The molecule has 0 unspecified atom stereocenters. The van der Waals surface area contributed by atoms with Crippen LogP contribution in [-0.2, 0) is 6.42 Å². The van der Waals surface area contributed by atoms with Crippen LogP contribution in [0.1, 0.15) is 5.56 Å². The lowest BCUT2D eigenvalue weighted by molar-refractivity contribution is 0.404. The number of halogens is 2. The maximum Gasteiger partial charge on any atom is 0.168 e. The molecule has 0 amide bonds. The topological polar surface area (TPSA) is 30.5 Å². The van der Waals surface area contributed by atoms with Gasteiger partial charge in [-0.1, -0.05) is 0 Å². The lowest BCUT2D eigenvalue weighted by Gasteiger charge is -2.12. The molecular weight excluding hydrogens is 264 g/mol. The van der Waals surface area contributed by atoms with Crippen LogP contribution in [0.15, 0.2) is 30.3 Å². The minimum Gasteiger partial charge on any atom is -0.497 e. The second-order valence-electron chi connectivity index (χ2n) is 4.51. The van der Waals surface area contributed by atoms with E-state index in [1.807, 2.05) is 6.07 Å². The SMILES string of the molecule is COc1cc2c(c(Oc3ccc(F)cc3F)c1)CCN2. The lowest BCUT2D eigenvalue weighted by Crippen LogP contribution is -1.94. The van der Waals surface area contributed by atoms with Crippen molar-refractivity contribution in [3.63, 3.8) is 0 Å². The standard InChI is InChI=1S/C15H13F2NO2/c1-19-10-7-13-11(4-5-18-13)15(8-10)20-14-3-2-9(16)6-12(14)17/h2-3,6-8,18H,4-5H2,1H3. The smallest absolute Gasteiger partial charge is 0.168 e. The molecule has 0 aliphatic carbocycles. The first kappa shape index (κ1) is 12.7. The summed E-state index contributed by atoms with van der Waals surface area (Å²) in [6.45, 7) is 0.796. The summed E-state index contributed by atoms with van der Waals surface area (Å²) in [5.74, 6) is -0.223. The summed E-state index contributed by atoms with van der Waals surface area (Å²) >= 11 is 0. The van der Waals surface area contributed by atoms with Crippen molar-refractivity contribution in [3.8, 4) is 17.2 Å². The van der Waals surface area contributed by atoms with Gasteiger partial charge in [0.2, 0.25) is 0 Å². The molecule has 0 saturated carbocycles. The maximum atomic E-state index is 13.7. The van der Waals surface area contributed by atoms with Crippen LogP contribution in [0.25, 0.3) is 0 Å². The number of methoxy groups -OCH3 is 1. The third kappa shape index (κ3) is 2.27. The molecule has 0 radical (unpaired) electrons. The Bertz CT molecular complexity index is 659. The van der Waals surface area contributed by atoms with Crippen molar-refractivity contribution < 1.29 is 18.3 Å². The van der Waals surface area contributed by atoms with Crippen molar-refractivity contribution in [1.29, 1.82) is 0 Å². The highest BCUT2D eigenvalue weighted by Gasteiger charge is 2.19. The maximum absolute atomic E-state index is 13.7. The number of nitrogens with one attached hydrogen (secondary N) is 1. The summed E-state index contributed by atoms with van der Waals surface area (Å²) < 4.78 is 37.3. The lowest BCUT2D eigenvalue weighted by atomic mass is 10.1. The predicted octanol–water partition coefficient (Wildman–Crippen LogP) is 3.73. The van der Waals surface area contributed by atoms with Gasteiger partial charge in [-0.05, 0) is 18.6 Å². The van der Waals surface area contributed by atoms with Crippen LogP contribution in [0.5, 0.6) is 17.2 Å². The molecular formula is C15H13F2NO2. The normalized spacial score (nSPS) is 12.8. The van der Waals surface area contributed by atoms with E-state index in [1.54, 1.807) is 13.2 Å². The van der Waals surface area contributed by atoms with Gasteiger partial charge >= 0.3 is 0 Å². The molecule has 104 valence electrons. The molecule has 2 aromatic carbocycles. The number of ether oxygens (including phenoxy) is 2. The average molecular weight is 277 g/mol. The van der Waals surface area contributed by atoms with Gasteiger partial charge in [0, 0.05) is 36.0 Å². The van der Waals surface area contributed by atoms with Crippen molar-refractivity contribution in [3.05, 3.63) is 47.5 Å². The molecule has 0 atom stereocenters. The molecule has 2 aromatic rings. The summed E-state index contributed by atoms with van der Waals surface area (Å²) in [6, 6.07) is 6.81. The fourth-order valence-electron chi connectivity index (χ4n) is 2.24. The molecule has 0 fully saturated rings. The van der Waals surface area contributed by atoms with Gasteiger partial charge < -0.3 is 14.8 Å². The van der Waals surface area contributed by atoms with E-state index in [4.69, 9.17) is 9.47 Å². The first-order valence-corrected chi connectivity index (χ1v) is 6.25. The van der Waals surface area contributed by atoms with E-state index in [0.29, 0.717) is 11.5 Å². The Morgan fingerprint density at radius 2 is 1.95 bits per heavy atom. The summed E-state index contributed by atoms with van der Waals surface area (Å²) in [5, 5.41) is 3.21. The Kier molecular flexibility index (Phi) is 3.18. The highest BCUT2D eigenvalue weighted by atomic mass is 19.1. The summed E-state index contributed by atoms with van der Waals surface area (Å²) in [4.78, 5) is 0. The molecule has 5 heteroatoms. The van der Waals surface area contributed by atoms with E-state index in [0.717, 1.165) is 36.3 Å². The molecule has 0 saturated heterocycles. The molecule has 1 heterocycles. The number of rotatable bonds is 3. The molecule has 1 N–H and O–H groups in total. The van der Waals surface area contributed by atoms with Crippen molar-refractivity contribution >= 4 is 5.69 Å². The second-order valence-corrected chi connectivity index (χ2v) is 4.51. The summed E-state index contributed by atoms with van der Waals surface area (Å²) in [6.07, 6.45) is 0.789. The van der Waals surface area contributed by atoms with Gasteiger partial charge in [-0.2, -0.15) is 0 Å². The largest absolute Gasteiger partial charge is 0.497 e. The summed E-state index contributed by atoms with van der Waals surface area (Å²) in [5.41, 5.74) is 1.89. The number of anilines is 1. The van der Waals surface area contributed by atoms with E-state index < -0.39 is 11.6 Å². The molecule has 20 heavy (non-hydrogen) atoms. The van der Waals surface area contributed by atoms with E-state index in [9.17, 15) is 8.78 Å². The van der Waals surface area contributed by atoms with Crippen molar-refractivity contribution in [1.82, 2.24) is 0 Å². The predicted molar refractivity (Wildman–Crippen MR) is 71.6 cm³/mol. The van der Waals surface area contributed by atoms with Crippen molar-refractivity contribution in [2.24, 2.45) is 0 Å². The van der Waals surface area contributed by atoms with Gasteiger partial charge in [0.1, 0.15) is 17.3 Å². The Labute approximate surface area is 115 Å². The zero-order valence-electron chi connectivity index (χ0n) is 10.9. The minimum absolute atomic E-state index is 0.00578. The fraction of sp³-hybridized carbons (Fsp3) is 0.200. The van der Waals surface area contributed by atoms with Crippen LogP contribution in [0, 0.1) is 11.6 Å². The molecule has 0 spiro atoms. The molecule has 0 bridgehead atoms. The summed E-state index contributed by atoms with van der Waals surface area (Å²) in [7, 11) is 1.55. The van der Waals surface area contributed by atoms with E-state index in [2.05, 4.69) is 5.32 Å². The van der Waals surface area contributed by atoms with E-state index in [1.165, 1.54) is 6.07 Å². The van der Waals surface area contributed by atoms with Crippen LogP contribution in [0.4, 0.5) is 14.5 Å². The fourth-order valence-corrected chi connectivity index (χ4v) is 2.24. The number of benzene rings is 2. The van der Waals surface area contributed by atoms with Crippen LogP contribution in [0.2, 0.25) is 0 Å². The van der Waals surface area contributed by atoms with E-state index >= 15 is 0 Å². The van der Waals surface area contributed by atoms with Gasteiger partial charge in [0.05, 0.1) is 7.11 Å². The molecule has 1 aliphatic heterocycles. The average Bonchev–Trinajstić information content (AvgIpc) is 2.90. The van der Waals surface area contributed by atoms with Crippen molar-refractivity contribution in [2.45, 2.75) is 6.42 Å². The zero-order valence-corrected chi connectivity index (χ0v) is 10.9. The number of hydrogen-bond donors (Lipinski definition) is 1. The quantitative estimate of drug-likeness (QED) is 0.927. The van der Waals surface area contributed by atoms with Gasteiger partial charge in [-0.3, -0.25) is 0 Å². The molecule has 3 rings (SSSR count). The van der Waals surface area contributed by atoms with Crippen LogP contribution >= 0.6 is 0 Å². The van der Waals surface area contributed by atoms with Gasteiger partial charge in [0.25, 0.3) is 0 Å². The van der Waals surface area contributed by atoms with Gasteiger partial charge in [-0.25, -0.2) is 8.78 Å². The minimum atomic E-state index is -0.729. The van der Waals surface area contributed by atoms with Crippen LogP contribution < -0.4 is 14.8 Å². The Morgan fingerprint density at radius 3 is 2.70 bits per heavy atom. The third-order valence-corrected chi connectivity index (χ3v) is 3.22. The van der Waals surface area contributed by atoms with E-state index in [-0.39, 0.29) is 5.75 Å².